The summed E-state index contributed by atoms with van der Waals surface area (Å²) in [5.41, 5.74) is 0. The Kier molecular flexibility index (Phi) is 4.01. The third kappa shape index (κ3) is 3.38. The van der Waals surface area contributed by atoms with Gasteiger partial charge in [-0.3, -0.25) is 4.98 Å². The molecule has 18 heavy (non-hydrogen) atoms. The molecule has 0 aliphatic rings. The molecular weight excluding hydrogens is 240 g/mol. The van der Waals surface area contributed by atoms with Crippen molar-refractivity contribution in [3.8, 4) is 5.75 Å². The smallest absolute Gasteiger partial charge is 0.167 e. The van der Waals surface area contributed by atoms with Crippen molar-refractivity contribution in [2.45, 2.75) is 0 Å². The molecule has 0 saturated heterocycles. The fraction of sp³-hybridized carbons (Fsp3) is 0.167. The van der Waals surface area contributed by atoms with Crippen molar-refractivity contribution in [3.63, 3.8) is 0 Å². The molecule has 94 valence electrons. The first kappa shape index (κ1) is 12.2. The molecule has 6 heteroatoms. The first-order valence-corrected chi connectivity index (χ1v) is 5.33. The standard InChI is InChI=1S/C12H11F2N3O/c13-9-1-2-11(10(14)7-9)18-6-5-17-12-8-15-3-4-16-12/h1-4,7-8H,5-6H2,(H,16,17). The number of nitrogens with one attached hydrogen (secondary N) is 1. The average Bonchev–Trinajstić information content (AvgIpc) is 2.38. The molecular formula is C12H11F2N3O. The first-order chi connectivity index (χ1) is 8.75. The molecule has 1 aromatic heterocycles. The molecule has 0 spiro atoms. The zero-order valence-electron chi connectivity index (χ0n) is 9.44. The van der Waals surface area contributed by atoms with E-state index in [2.05, 4.69) is 15.3 Å². The fourth-order valence-electron chi connectivity index (χ4n) is 1.32. The zero-order valence-corrected chi connectivity index (χ0v) is 9.44. The van der Waals surface area contributed by atoms with Crippen LogP contribution in [0.25, 0.3) is 0 Å². The molecule has 1 heterocycles. The third-order valence-corrected chi connectivity index (χ3v) is 2.12. The van der Waals surface area contributed by atoms with Crippen molar-refractivity contribution in [1.82, 2.24) is 9.97 Å². The van der Waals surface area contributed by atoms with Gasteiger partial charge in [-0.05, 0) is 12.1 Å². The lowest BCUT2D eigenvalue weighted by Gasteiger charge is -2.08. The number of halogens is 2. The van der Waals surface area contributed by atoms with E-state index < -0.39 is 11.6 Å². The SMILES string of the molecule is Fc1ccc(OCCNc2cnccn2)c(F)c1. The second-order valence-electron chi connectivity index (χ2n) is 3.44. The minimum Gasteiger partial charge on any atom is -0.489 e. The number of rotatable bonds is 5. The van der Waals surface area contributed by atoms with Crippen LogP contribution in [0.2, 0.25) is 0 Å². The summed E-state index contributed by atoms with van der Waals surface area (Å²) >= 11 is 0. The molecule has 0 aliphatic heterocycles. The summed E-state index contributed by atoms with van der Waals surface area (Å²) in [7, 11) is 0. The molecule has 1 N–H and O–H groups in total. The molecule has 4 nitrogen and oxygen atoms in total. The number of hydrogen-bond donors (Lipinski definition) is 1. The molecule has 0 radical (unpaired) electrons. The quantitative estimate of drug-likeness (QED) is 0.828. The van der Waals surface area contributed by atoms with Gasteiger partial charge in [0.25, 0.3) is 0 Å². The van der Waals surface area contributed by atoms with Gasteiger partial charge in [-0.15, -0.1) is 0 Å². The van der Waals surface area contributed by atoms with Gasteiger partial charge in [0.15, 0.2) is 11.6 Å². The second-order valence-corrected chi connectivity index (χ2v) is 3.44. The van der Waals surface area contributed by atoms with E-state index in [9.17, 15) is 8.78 Å². The van der Waals surface area contributed by atoms with Crippen LogP contribution in [0, 0.1) is 11.6 Å². The van der Waals surface area contributed by atoms with E-state index in [1.54, 1.807) is 18.6 Å². The Morgan fingerprint density at radius 3 is 2.83 bits per heavy atom. The maximum atomic E-state index is 13.2. The fourth-order valence-corrected chi connectivity index (χ4v) is 1.32. The van der Waals surface area contributed by atoms with E-state index in [4.69, 9.17) is 4.74 Å². The summed E-state index contributed by atoms with van der Waals surface area (Å²) in [6, 6.07) is 3.19. The number of ether oxygens (including phenoxy) is 1. The lowest BCUT2D eigenvalue weighted by Crippen LogP contribution is -2.12. The molecule has 2 aromatic rings. The van der Waals surface area contributed by atoms with Crippen LogP contribution >= 0.6 is 0 Å². The minimum atomic E-state index is -0.713. The molecule has 0 atom stereocenters. The topological polar surface area (TPSA) is 47.0 Å². The number of anilines is 1. The Morgan fingerprint density at radius 1 is 1.22 bits per heavy atom. The van der Waals surface area contributed by atoms with Gasteiger partial charge < -0.3 is 10.1 Å². The summed E-state index contributed by atoms with van der Waals surface area (Å²) in [5, 5.41) is 2.95. The van der Waals surface area contributed by atoms with E-state index in [1.165, 1.54) is 6.07 Å². The van der Waals surface area contributed by atoms with Crippen LogP contribution in [-0.2, 0) is 0 Å². The van der Waals surface area contributed by atoms with Gasteiger partial charge in [0.1, 0.15) is 18.2 Å². The Hall–Kier alpha value is -2.24. The molecule has 0 amide bonds. The van der Waals surface area contributed by atoms with Gasteiger partial charge in [0.05, 0.1) is 12.7 Å². The largest absolute Gasteiger partial charge is 0.489 e. The molecule has 2 rings (SSSR count). The van der Waals surface area contributed by atoms with Crippen molar-refractivity contribution >= 4 is 5.82 Å². The molecule has 0 bridgehead atoms. The summed E-state index contributed by atoms with van der Waals surface area (Å²) in [6.45, 7) is 0.675. The van der Waals surface area contributed by atoms with E-state index in [1.807, 2.05) is 0 Å². The van der Waals surface area contributed by atoms with Gasteiger partial charge in [-0.25, -0.2) is 13.8 Å². The summed E-state index contributed by atoms with van der Waals surface area (Å²) in [5.74, 6) is -0.704. The Balaban J connectivity index is 1.79. The third-order valence-electron chi connectivity index (χ3n) is 2.12. The normalized spacial score (nSPS) is 10.1. The first-order valence-electron chi connectivity index (χ1n) is 5.33. The lowest BCUT2D eigenvalue weighted by atomic mass is 10.3. The monoisotopic (exact) mass is 251 g/mol. The van der Waals surface area contributed by atoms with Crippen LogP contribution in [0.5, 0.6) is 5.75 Å². The lowest BCUT2D eigenvalue weighted by molar-refractivity contribution is 0.314. The second kappa shape index (κ2) is 5.90. The summed E-state index contributed by atoms with van der Waals surface area (Å²) in [4.78, 5) is 7.88. The van der Waals surface area contributed by atoms with Crippen molar-refractivity contribution < 1.29 is 13.5 Å². The molecule has 0 unspecified atom stereocenters. The average molecular weight is 251 g/mol. The van der Waals surface area contributed by atoms with Crippen LogP contribution in [0.4, 0.5) is 14.6 Å². The van der Waals surface area contributed by atoms with Gasteiger partial charge >= 0.3 is 0 Å². The Morgan fingerprint density at radius 2 is 2.11 bits per heavy atom. The van der Waals surface area contributed by atoms with Crippen LogP contribution in [0.3, 0.4) is 0 Å². The maximum Gasteiger partial charge on any atom is 0.167 e. The Labute approximate surface area is 103 Å². The number of nitrogens with zero attached hydrogens (tertiary/aromatic N) is 2. The van der Waals surface area contributed by atoms with Gasteiger partial charge in [0.2, 0.25) is 0 Å². The van der Waals surface area contributed by atoms with Crippen molar-refractivity contribution in [2.24, 2.45) is 0 Å². The Bertz CT molecular complexity index is 508. The van der Waals surface area contributed by atoms with Crippen LogP contribution in [0.1, 0.15) is 0 Å². The van der Waals surface area contributed by atoms with E-state index in [0.717, 1.165) is 12.1 Å². The van der Waals surface area contributed by atoms with Crippen LogP contribution in [0.15, 0.2) is 36.8 Å². The molecule has 0 aliphatic carbocycles. The minimum absolute atomic E-state index is 0.0253. The predicted molar refractivity (Wildman–Crippen MR) is 62.4 cm³/mol. The summed E-state index contributed by atoms with van der Waals surface area (Å²) < 4.78 is 31.0. The molecule has 1 aromatic carbocycles. The van der Waals surface area contributed by atoms with Gasteiger partial charge in [-0.1, -0.05) is 0 Å². The number of benzene rings is 1. The highest BCUT2D eigenvalue weighted by Crippen LogP contribution is 2.17. The molecule has 0 saturated carbocycles. The summed E-state index contributed by atoms with van der Waals surface area (Å²) in [6.07, 6.45) is 4.69. The van der Waals surface area contributed by atoms with Crippen molar-refractivity contribution in [1.29, 1.82) is 0 Å². The number of hydrogen-bond acceptors (Lipinski definition) is 4. The van der Waals surface area contributed by atoms with Crippen LogP contribution < -0.4 is 10.1 Å². The maximum absolute atomic E-state index is 13.2. The van der Waals surface area contributed by atoms with Crippen LogP contribution in [-0.4, -0.2) is 23.1 Å². The highest BCUT2D eigenvalue weighted by atomic mass is 19.1. The highest BCUT2D eigenvalue weighted by Gasteiger charge is 2.04. The highest BCUT2D eigenvalue weighted by molar-refractivity contribution is 5.29. The molecule has 0 fully saturated rings. The van der Waals surface area contributed by atoms with E-state index in [0.29, 0.717) is 12.4 Å². The van der Waals surface area contributed by atoms with Crippen molar-refractivity contribution in [3.05, 3.63) is 48.4 Å². The van der Waals surface area contributed by atoms with Gasteiger partial charge in [-0.2, -0.15) is 0 Å². The number of aromatic nitrogens is 2. The predicted octanol–water partition coefficient (Wildman–Crippen LogP) is 2.25. The van der Waals surface area contributed by atoms with E-state index in [-0.39, 0.29) is 12.4 Å². The van der Waals surface area contributed by atoms with E-state index >= 15 is 0 Å². The van der Waals surface area contributed by atoms with Crippen molar-refractivity contribution in [2.75, 3.05) is 18.5 Å². The zero-order chi connectivity index (χ0) is 12.8. The van der Waals surface area contributed by atoms with Gasteiger partial charge in [0, 0.05) is 18.5 Å².